The number of Topliss-reactive ketones (excluding diaryl/α,β-unsaturated/α-hetero) is 1. The average molecular weight is 214 g/mol. The van der Waals surface area contributed by atoms with Crippen LogP contribution in [0, 0.1) is 0 Å². The fourth-order valence-corrected chi connectivity index (χ4v) is 1.57. The number of aromatic amines is 1. The van der Waals surface area contributed by atoms with Gasteiger partial charge in [0, 0.05) is 12.8 Å². The Morgan fingerprint density at radius 3 is 2.88 bits per heavy atom. The number of hydrogen-bond donors (Lipinski definition) is 1. The van der Waals surface area contributed by atoms with Crippen molar-refractivity contribution < 1.29 is 4.79 Å². The number of fused-ring (bicyclic) bond motifs is 1. The van der Waals surface area contributed by atoms with E-state index in [-0.39, 0.29) is 5.78 Å². The molecule has 3 heteroatoms. The summed E-state index contributed by atoms with van der Waals surface area (Å²) in [5.74, 6) is 0.955. The second-order valence-corrected chi connectivity index (χ2v) is 3.90. The molecule has 0 unspecified atom stereocenters. The number of H-pyrrole nitrogens is 1. The van der Waals surface area contributed by atoms with E-state index in [0.29, 0.717) is 18.4 Å². The van der Waals surface area contributed by atoms with Crippen molar-refractivity contribution in [2.45, 2.75) is 19.8 Å². The standard InChI is InChI=1S/C13H14N2O/c1-9(2)12(16)7-8-13-14-10-5-3-4-6-11(10)15-13/h3-6H,1,7-8H2,2H3,(H,14,15). The van der Waals surface area contributed by atoms with E-state index in [1.807, 2.05) is 24.3 Å². The van der Waals surface area contributed by atoms with Gasteiger partial charge in [-0.25, -0.2) is 4.98 Å². The van der Waals surface area contributed by atoms with E-state index in [9.17, 15) is 4.79 Å². The normalized spacial score (nSPS) is 10.6. The first-order chi connectivity index (χ1) is 7.66. The minimum atomic E-state index is 0.0976. The Bertz CT molecular complexity index is 507. The lowest BCUT2D eigenvalue weighted by molar-refractivity contribution is -0.115. The van der Waals surface area contributed by atoms with E-state index < -0.39 is 0 Å². The number of carbonyl (C=O) groups excluding carboxylic acids is 1. The minimum Gasteiger partial charge on any atom is -0.342 e. The van der Waals surface area contributed by atoms with E-state index in [1.54, 1.807) is 6.92 Å². The van der Waals surface area contributed by atoms with Gasteiger partial charge in [0.25, 0.3) is 0 Å². The molecular weight excluding hydrogens is 200 g/mol. The first-order valence-electron chi connectivity index (χ1n) is 5.29. The Hall–Kier alpha value is -1.90. The Morgan fingerprint density at radius 2 is 2.19 bits per heavy atom. The van der Waals surface area contributed by atoms with Gasteiger partial charge in [0.15, 0.2) is 5.78 Å². The summed E-state index contributed by atoms with van der Waals surface area (Å²) >= 11 is 0. The molecule has 1 N–H and O–H groups in total. The van der Waals surface area contributed by atoms with Crippen LogP contribution in [-0.4, -0.2) is 15.8 Å². The second kappa shape index (κ2) is 4.31. The molecule has 0 aliphatic rings. The van der Waals surface area contributed by atoms with Gasteiger partial charge in [-0.3, -0.25) is 4.79 Å². The number of carbonyl (C=O) groups is 1. The Kier molecular flexibility index (Phi) is 2.86. The number of imidazole rings is 1. The molecule has 0 bridgehead atoms. The molecule has 0 fully saturated rings. The second-order valence-electron chi connectivity index (χ2n) is 3.90. The molecule has 82 valence electrons. The van der Waals surface area contributed by atoms with Crippen molar-refractivity contribution in [3.63, 3.8) is 0 Å². The van der Waals surface area contributed by atoms with Crippen molar-refractivity contribution in [2.75, 3.05) is 0 Å². The van der Waals surface area contributed by atoms with Gasteiger partial charge in [-0.1, -0.05) is 18.7 Å². The SMILES string of the molecule is C=C(C)C(=O)CCc1nc2ccccc2[nH]1. The van der Waals surface area contributed by atoms with Crippen molar-refractivity contribution in [1.82, 2.24) is 9.97 Å². The van der Waals surface area contributed by atoms with E-state index in [1.165, 1.54) is 0 Å². The minimum absolute atomic E-state index is 0.0976. The third-order valence-electron chi connectivity index (χ3n) is 2.50. The van der Waals surface area contributed by atoms with Crippen molar-refractivity contribution in [1.29, 1.82) is 0 Å². The summed E-state index contributed by atoms with van der Waals surface area (Å²) in [6.45, 7) is 5.37. The van der Waals surface area contributed by atoms with Crippen LogP contribution >= 0.6 is 0 Å². The summed E-state index contributed by atoms with van der Waals surface area (Å²) in [6.07, 6.45) is 1.11. The molecule has 0 atom stereocenters. The van der Waals surface area contributed by atoms with Crippen LogP contribution in [0.3, 0.4) is 0 Å². The number of allylic oxidation sites excluding steroid dienone is 1. The number of nitrogens with zero attached hydrogens (tertiary/aromatic N) is 1. The largest absolute Gasteiger partial charge is 0.342 e. The number of ketones is 1. The summed E-state index contributed by atoms with van der Waals surface area (Å²) in [5, 5.41) is 0. The molecule has 1 aromatic carbocycles. The third kappa shape index (κ3) is 2.19. The van der Waals surface area contributed by atoms with Gasteiger partial charge < -0.3 is 4.98 Å². The molecule has 1 aromatic heterocycles. The summed E-state index contributed by atoms with van der Waals surface area (Å²) in [5.41, 5.74) is 2.57. The van der Waals surface area contributed by atoms with Gasteiger partial charge in [0.2, 0.25) is 0 Å². The topological polar surface area (TPSA) is 45.8 Å². The predicted molar refractivity (Wildman–Crippen MR) is 64.2 cm³/mol. The Labute approximate surface area is 94.2 Å². The van der Waals surface area contributed by atoms with Gasteiger partial charge in [0.05, 0.1) is 11.0 Å². The van der Waals surface area contributed by atoms with Gasteiger partial charge in [-0.05, 0) is 24.6 Å². The highest BCUT2D eigenvalue weighted by molar-refractivity contribution is 5.94. The molecule has 0 saturated heterocycles. The maximum absolute atomic E-state index is 11.4. The quantitative estimate of drug-likeness (QED) is 0.795. The van der Waals surface area contributed by atoms with Gasteiger partial charge in [-0.2, -0.15) is 0 Å². The van der Waals surface area contributed by atoms with Crippen LogP contribution in [0.4, 0.5) is 0 Å². The van der Waals surface area contributed by atoms with Crippen molar-refractivity contribution in [3.05, 3.63) is 42.2 Å². The van der Waals surface area contributed by atoms with Crippen molar-refractivity contribution in [3.8, 4) is 0 Å². The Balaban J connectivity index is 2.10. The lowest BCUT2D eigenvalue weighted by Gasteiger charge is -1.96. The lowest BCUT2D eigenvalue weighted by Crippen LogP contribution is -2.01. The van der Waals surface area contributed by atoms with Crippen LogP contribution in [0.5, 0.6) is 0 Å². The maximum Gasteiger partial charge on any atom is 0.158 e. The molecule has 0 saturated carbocycles. The average Bonchev–Trinajstić information content (AvgIpc) is 2.68. The molecule has 0 aliphatic heterocycles. The zero-order chi connectivity index (χ0) is 11.5. The van der Waals surface area contributed by atoms with Gasteiger partial charge in [0.1, 0.15) is 5.82 Å². The number of rotatable bonds is 4. The number of benzene rings is 1. The lowest BCUT2D eigenvalue weighted by atomic mass is 10.1. The molecule has 1 heterocycles. The van der Waals surface area contributed by atoms with E-state index in [0.717, 1.165) is 16.9 Å². The van der Waals surface area contributed by atoms with Crippen molar-refractivity contribution >= 4 is 16.8 Å². The molecular formula is C13H14N2O. The highest BCUT2D eigenvalue weighted by Gasteiger charge is 2.06. The molecule has 0 amide bonds. The highest BCUT2D eigenvalue weighted by Crippen LogP contribution is 2.11. The van der Waals surface area contributed by atoms with E-state index in [4.69, 9.17) is 0 Å². The van der Waals surface area contributed by atoms with Crippen LogP contribution < -0.4 is 0 Å². The van der Waals surface area contributed by atoms with Gasteiger partial charge in [-0.15, -0.1) is 0 Å². The number of aryl methyl sites for hydroxylation is 1. The number of nitrogens with one attached hydrogen (secondary N) is 1. The summed E-state index contributed by atoms with van der Waals surface area (Å²) < 4.78 is 0. The molecule has 0 radical (unpaired) electrons. The first-order valence-corrected chi connectivity index (χ1v) is 5.29. The summed E-state index contributed by atoms with van der Waals surface area (Å²) in [7, 11) is 0. The molecule has 0 aliphatic carbocycles. The number of aromatic nitrogens is 2. The van der Waals surface area contributed by atoms with E-state index >= 15 is 0 Å². The first kappa shape index (κ1) is 10.6. The Morgan fingerprint density at radius 1 is 1.44 bits per heavy atom. The third-order valence-corrected chi connectivity index (χ3v) is 2.50. The summed E-state index contributed by atoms with van der Waals surface area (Å²) in [6, 6.07) is 7.84. The fraction of sp³-hybridized carbons (Fsp3) is 0.231. The summed E-state index contributed by atoms with van der Waals surface area (Å²) in [4.78, 5) is 19.0. The molecule has 16 heavy (non-hydrogen) atoms. The van der Waals surface area contributed by atoms with Crippen LogP contribution in [0.1, 0.15) is 19.2 Å². The monoisotopic (exact) mass is 214 g/mol. The van der Waals surface area contributed by atoms with Crippen LogP contribution in [0.25, 0.3) is 11.0 Å². The van der Waals surface area contributed by atoms with Crippen molar-refractivity contribution in [2.24, 2.45) is 0 Å². The molecule has 0 spiro atoms. The van der Waals surface area contributed by atoms with E-state index in [2.05, 4.69) is 16.5 Å². The predicted octanol–water partition coefficient (Wildman–Crippen LogP) is 2.64. The zero-order valence-corrected chi connectivity index (χ0v) is 9.29. The smallest absolute Gasteiger partial charge is 0.158 e. The van der Waals surface area contributed by atoms with Gasteiger partial charge >= 0.3 is 0 Å². The molecule has 2 rings (SSSR count). The molecule has 3 nitrogen and oxygen atoms in total. The fourth-order valence-electron chi connectivity index (χ4n) is 1.57. The number of para-hydroxylation sites is 2. The number of hydrogen-bond acceptors (Lipinski definition) is 2. The maximum atomic E-state index is 11.4. The molecule has 2 aromatic rings. The highest BCUT2D eigenvalue weighted by atomic mass is 16.1. The van der Waals surface area contributed by atoms with Crippen LogP contribution in [0.2, 0.25) is 0 Å². The van der Waals surface area contributed by atoms with Crippen LogP contribution in [-0.2, 0) is 11.2 Å². The van der Waals surface area contributed by atoms with Crippen LogP contribution in [0.15, 0.2) is 36.4 Å². The zero-order valence-electron chi connectivity index (χ0n) is 9.29.